The normalized spacial score (nSPS) is 15.0. The Morgan fingerprint density at radius 3 is 1.98 bits per heavy atom. The Hall–Kier alpha value is -7.79. The van der Waals surface area contributed by atoms with Crippen LogP contribution in [0.4, 0.5) is 17.1 Å². The van der Waals surface area contributed by atoms with Crippen LogP contribution in [0.15, 0.2) is 233 Å². The molecule has 1 unspecified atom stereocenters. The van der Waals surface area contributed by atoms with E-state index in [2.05, 4.69) is 228 Å². The van der Waals surface area contributed by atoms with E-state index in [4.69, 9.17) is 4.42 Å². The second kappa shape index (κ2) is 13.1. The highest BCUT2D eigenvalue weighted by molar-refractivity contribution is 7.99. The van der Waals surface area contributed by atoms with Crippen molar-refractivity contribution in [2.45, 2.75) is 15.2 Å². The van der Waals surface area contributed by atoms with Crippen molar-refractivity contribution in [2.24, 2.45) is 0 Å². The maximum Gasteiger partial charge on any atom is 0.137 e. The minimum Gasteiger partial charge on any atom is -0.456 e. The fraction of sp³-hybridized carbons (Fsp3) is 0.0169. The van der Waals surface area contributed by atoms with Crippen LogP contribution >= 0.6 is 11.8 Å². The van der Waals surface area contributed by atoms with Crippen LogP contribution in [-0.4, -0.2) is 4.57 Å². The molecule has 12 aromatic rings. The number of aromatic nitrogens is 1. The van der Waals surface area contributed by atoms with Crippen molar-refractivity contribution >= 4 is 83.3 Å². The third-order valence-corrected chi connectivity index (χ3v) is 14.8. The molecule has 3 heterocycles. The van der Waals surface area contributed by atoms with Gasteiger partial charge in [-0.15, -0.1) is 0 Å². The number of anilines is 3. The molecule has 2 aliphatic rings. The van der Waals surface area contributed by atoms with Crippen LogP contribution < -0.4 is 4.90 Å². The summed E-state index contributed by atoms with van der Waals surface area (Å²) < 4.78 is 8.97. The van der Waals surface area contributed by atoms with Gasteiger partial charge in [-0.05, 0) is 123 Å². The van der Waals surface area contributed by atoms with Crippen LogP contribution in [-0.2, 0) is 5.41 Å². The SMILES string of the molecule is c1ccc(-n2c3ccccc3c3cc(N(c4ccc5c(c4)C4(c6ccccc6S5)c5ccccc5-c5cccc6cccc4c56)c4cccc5oc6ccccc6c45)ccc32)cc1. The van der Waals surface area contributed by atoms with Crippen molar-refractivity contribution in [3.63, 3.8) is 0 Å². The smallest absolute Gasteiger partial charge is 0.137 e. The molecule has 10 aromatic carbocycles. The first kappa shape index (κ1) is 34.9. The van der Waals surface area contributed by atoms with Crippen molar-refractivity contribution in [1.82, 2.24) is 4.57 Å². The van der Waals surface area contributed by atoms with Gasteiger partial charge in [0.1, 0.15) is 11.2 Å². The highest BCUT2D eigenvalue weighted by Gasteiger charge is 2.48. The average Bonchev–Trinajstić information content (AvgIpc) is 3.89. The maximum absolute atomic E-state index is 6.59. The van der Waals surface area contributed by atoms with Crippen molar-refractivity contribution in [1.29, 1.82) is 0 Å². The molecule has 0 saturated carbocycles. The summed E-state index contributed by atoms with van der Waals surface area (Å²) in [6.45, 7) is 0. The number of hydrogen-bond donors (Lipinski definition) is 0. The quantitative estimate of drug-likeness (QED) is 0.176. The van der Waals surface area contributed by atoms with Gasteiger partial charge in [-0.2, -0.15) is 0 Å². The van der Waals surface area contributed by atoms with E-state index >= 15 is 0 Å². The van der Waals surface area contributed by atoms with Gasteiger partial charge in [0, 0.05) is 43.0 Å². The van der Waals surface area contributed by atoms with Gasteiger partial charge in [0.05, 0.1) is 27.5 Å². The van der Waals surface area contributed by atoms with E-state index in [0.29, 0.717) is 0 Å². The van der Waals surface area contributed by atoms with Crippen LogP contribution in [0.2, 0.25) is 0 Å². The number of benzene rings is 10. The molecule has 1 aliphatic carbocycles. The van der Waals surface area contributed by atoms with Gasteiger partial charge in [0.2, 0.25) is 0 Å². The molecule has 0 radical (unpaired) electrons. The summed E-state index contributed by atoms with van der Waals surface area (Å²) in [4.78, 5) is 5.02. The third-order valence-electron chi connectivity index (χ3n) is 13.6. The molecule has 0 saturated heterocycles. The maximum atomic E-state index is 6.59. The zero-order chi connectivity index (χ0) is 41.2. The van der Waals surface area contributed by atoms with Crippen LogP contribution in [0.25, 0.3) is 71.3 Å². The number of rotatable bonds is 4. The standard InChI is InChI=1S/C59H36N2OS/c1-2-17-38(18-3-1)61-50-26-9-5-20-42(50)45-35-39(31-33-51(45)61)60(52-27-14-29-54-58(52)44-21-6-10-28-53(44)62-54)40-32-34-56-49(36-40)59(47-24-8-11-30-55(47)63-56)46-23-7-4-19-41(46)43-22-12-15-37-16-13-25-48(59)57(37)43/h1-36H. The summed E-state index contributed by atoms with van der Waals surface area (Å²) in [5, 5.41) is 7.18. The summed E-state index contributed by atoms with van der Waals surface area (Å²) in [5.41, 5.74) is 15.7. The lowest BCUT2D eigenvalue weighted by atomic mass is 9.59. The highest BCUT2D eigenvalue weighted by Crippen LogP contribution is 2.62. The number of furan rings is 1. The highest BCUT2D eigenvalue weighted by atomic mass is 32.2. The molecule has 0 bridgehead atoms. The van der Waals surface area contributed by atoms with Crippen LogP contribution in [0, 0.1) is 0 Å². The van der Waals surface area contributed by atoms with Gasteiger partial charge in [0.15, 0.2) is 0 Å². The molecule has 63 heavy (non-hydrogen) atoms. The molecule has 0 N–H and O–H groups in total. The molecular weight excluding hydrogens is 785 g/mol. The number of hydrogen-bond acceptors (Lipinski definition) is 3. The van der Waals surface area contributed by atoms with E-state index in [-0.39, 0.29) is 0 Å². The summed E-state index contributed by atoms with van der Waals surface area (Å²) in [6, 6.07) is 80.5. The minimum atomic E-state index is -0.579. The van der Waals surface area contributed by atoms with E-state index in [1.165, 1.54) is 75.7 Å². The fourth-order valence-electron chi connectivity index (χ4n) is 11.1. The Labute approximate surface area is 368 Å². The van der Waals surface area contributed by atoms with Gasteiger partial charge in [-0.3, -0.25) is 0 Å². The van der Waals surface area contributed by atoms with Crippen molar-refractivity contribution in [2.75, 3.05) is 4.90 Å². The lowest BCUT2D eigenvalue weighted by Gasteiger charge is -2.46. The average molecular weight is 821 g/mol. The molecule has 294 valence electrons. The zero-order valence-electron chi connectivity index (χ0n) is 34.0. The lowest BCUT2D eigenvalue weighted by Crippen LogP contribution is -2.36. The van der Waals surface area contributed by atoms with E-state index in [1.54, 1.807) is 0 Å². The van der Waals surface area contributed by atoms with E-state index in [1.807, 2.05) is 11.8 Å². The number of fused-ring (bicyclic) bond motifs is 14. The lowest BCUT2D eigenvalue weighted by molar-refractivity contribution is 0.669. The van der Waals surface area contributed by atoms with E-state index in [9.17, 15) is 0 Å². The molecule has 0 amide bonds. The summed E-state index contributed by atoms with van der Waals surface area (Å²) in [6.07, 6.45) is 0. The summed E-state index contributed by atoms with van der Waals surface area (Å²) in [5.74, 6) is 0. The summed E-state index contributed by atoms with van der Waals surface area (Å²) >= 11 is 1.88. The zero-order valence-corrected chi connectivity index (χ0v) is 34.8. The second-order valence-electron chi connectivity index (χ2n) is 16.8. The summed E-state index contributed by atoms with van der Waals surface area (Å²) in [7, 11) is 0. The molecule has 1 atom stereocenters. The minimum absolute atomic E-state index is 0.579. The topological polar surface area (TPSA) is 21.3 Å². The molecule has 1 spiro atoms. The first-order valence-corrected chi connectivity index (χ1v) is 22.4. The van der Waals surface area contributed by atoms with Crippen molar-refractivity contribution < 1.29 is 4.42 Å². The Bertz CT molecular complexity index is 3860. The first-order chi connectivity index (χ1) is 31.3. The van der Waals surface area contributed by atoms with E-state index in [0.717, 1.165) is 44.7 Å². The Balaban J connectivity index is 1.09. The Morgan fingerprint density at radius 1 is 0.413 bits per heavy atom. The Kier molecular flexibility index (Phi) is 7.26. The molecule has 2 aromatic heterocycles. The second-order valence-corrected chi connectivity index (χ2v) is 17.8. The molecule has 14 rings (SSSR count). The molecule has 1 aliphatic heterocycles. The van der Waals surface area contributed by atoms with Crippen molar-refractivity contribution in [3.05, 3.63) is 241 Å². The van der Waals surface area contributed by atoms with Gasteiger partial charge in [-0.25, -0.2) is 0 Å². The Morgan fingerprint density at radius 2 is 1.06 bits per heavy atom. The molecule has 0 fully saturated rings. The van der Waals surface area contributed by atoms with Gasteiger partial charge >= 0.3 is 0 Å². The van der Waals surface area contributed by atoms with Crippen LogP contribution in [0.1, 0.15) is 22.3 Å². The molecule has 3 nitrogen and oxygen atoms in total. The van der Waals surface area contributed by atoms with Gasteiger partial charge < -0.3 is 13.9 Å². The van der Waals surface area contributed by atoms with Crippen LogP contribution in [0.5, 0.6) is 0 Å². The van der Waals surface area contributed by atoms with Crippen molar-refractivity contribution in [3.8, 4) is 16.8 Å². The van der Waals surface area contributed by atoms with E-state index < -0.39 is 5.41 Å². The third kappa shape index (κ3) is 4.76. The predicted molar refractivity (Wildman–Crippen MR) is 262 cm³/mol. The van der Waals surface area contributed by atoms with Crippen LogP contribution in [0.3, 0.4) is 0 Å². The molecular formula is C59H36N2OS. The predicted octanol–water partition coefficient (Wildman–Crippen LogP) is 16.1. The molecule has 4 heteroatoms. The largest absolute Gasteiger partial charge is 0.456 e. The first-order valence-electron chi connectivity index (χ1n) is 21.6. The monoisotopic (exact) mass is 820 g/mol. The van der Waals surface area contributed by atoms with Gasteiger partial charge in [0.25, 0.3) is 0 Å². The van der Waals surface area contributed by atoms with Gasteiger partial charge in [-0.1, -0.05) is 151 Å². The fourth-order valence-corrected chi connectivity index (χ4v) is 12.3. The number of nitrogens with zero attached hydrogens (tertiary/aromatic N) is 2. The number of para-hydroxylation sites is 3.